The zero-order valence-electron chi connectivity index (χ0n) is 16.4. The summed E-state index contributed by atoms with van der Waals surface area (Å²) in [6.07, 6.45) is 2.78. The lowest BCUT2D eigenvalue weighted by atomic mass is 10.0. The van der Waals surface area contributed by atoms with Gasteiger partial charge in [0, 0.05) is 25.3 Å². The van der Waals surface area contributed by atoms with Gasteiger partial charge in [0.2, 0.25) is 0 Å². The second kappa shape index (κ2) is 9.98. The predicted octanol–water partition coefficient (Wildman–Crippen LogP) is 3.28. The van der Waals surface area contributed by atoms with Gasteiger partial charge in [0.15, 0.2) is 11.5 Å². The summed E-state index contributed by atoms with van der Waals surface area (Å²) in [4.78, 5) is 12.2. The topological polar surface area (TPSA) is 88.0 Å². The van der Waals surface area contributed by atoms with Crippen molar-refractivity contribution in [3.63, 3.8) is 0 Å². The fourth-order valence-electron chi connectivity index (χ4n) is 3.15. The molecule has 2 aromatic rings. The van der Waals surface area contributed by atoms with E-state index in [1.165, 1.54) is 18.2 Å². The molecule has 2 aromatic carbocycles. The average molecular weight is 397 g/mol. The Bertz CT molecular complexity index is 841. The van der Waals surface area contributed by atoms with Crippen LogP contribution >= 0.6 is 0 Å². The molecule has 1 fully saturated rings. The minimum absolute atomic E-state index is 0.233. The van der Waals surface area contributed by atoms with Crippen LogP contribution in [-0.4, -0.2) is 42.5 Å². The molecule has 1 amide bonds. The van der Waals surface area contributed by atoms with Gasteiger partial charge in [-0.15, -0.1) is 0 Å². The molecule has 0 saturated carbocycles. The number of phenolic OH excluding ortho intramolecular Hbond substituents is 2. The number of rotatable bonds is 8. The summed E-state index contributed by atoms with van der Waals surface area (Å²) >= 11 is 0. The monoisotopic (exact) mass is 397 g/mol. The molecule has 29 heavy (non-hydrogen) atoms. The van der Waals surface area contributed by atoms with Crippen molar-refractivity contribution in [3.8, 4) is 17.2 Å². The molecule has 1 saturated heterocycles. The van der Waals surface area contributed by atoms with Gasteiger partial charge in [-0.1, -0.05) is 24.8 Å². The number of nitrogens with one attached hydrogen (secondary N) is 1. The number of hydrogen-bond donors (Lipinski definition) is 3. The molecular formula is C23H27NO5. The zero-order chi connectivity index (χ0) is 20.6. The molecule has 1 heterocycles. The van der Waals surface area contributed by atoms with E-state index >= 15 is 0 Å². The van der Waals surface area contributed by atoms with Crippen LogP contribution in [0.5, 0.6) is 17.2 Å². The molecule has 3 rings (SSSR count). The average Bonchev–Trinajstić information content (AvgIpc) is 2.75. The Morgan fingerprint density at radius 3 is 2.52 bits per heavy atom. The van der Waals surface area contributed by atoms with Gasteiger partial charge in [-0.2, -0.15) is 0 Å². The smallest absolute Gasteiger partial charge is 0.251 e. The molecule has 6 heteroatoms. The molecular weight excluding hydrogens is 370 g/mol. The molecule has 3 N–H and O–H groups in total. The fraction of sp³-hybridized carbons (Fsp3) is 0.348. The first kappa shape index (κ1) is 20.7. The predicted molar refractivity (Wildman–Crippen MR) is 111 cm³/mol. The van der Waals surface area contributed by atoms with E-state index in [-0.39, 0.29) is 23.0 Å². The first-order chi connectivity index (χ1) is 14.0. The maximum absolute atomic E-state index is 12.2. The van der Waals surface area contributed by atoms with Crippen LogP contribution in [0.1, 0.15) is 24.0 Å². The van der Waals surface area contributed by atoms with Crippen molar-refractivity contribution in [2.24, 2.45) is 5.92 Å². The van der Waals surface area contributed by atoms with Gasteiger partial charge in [0.1, 0.15) is 5.75 Å². The lowest BCUT2D eigenvalue weighted by Gasteiger charge is -2.22. The van der Waals surface area contributed by atoms with Crippen molar-refractivity contribution in [1.29, 1.82) is 0 Å². The Morgan fingerprint density at radius 1 is 1.10 bits per heavy atom. The maximum atomic E-state index is 12.2. The standard InChI is InChI=1S/C23H27NO5/c1-16(19-4-7-21(25)22(26)14-19)23(27)24-11-8-17-2-5-20(6-3-17)29-15-18-9-12-28-13-10-18/h2-7,14,18,25-26H,1,8-13,15H2,(H,24,27). The van der Waals surface area contributed by atoms with Crippen LogP contribution in [0.3, 0.4) is 0 Å². The molecule has 0 spiro atoms. The van der Waals surface area contributed by atoms with Crippen molar-refractivity contribution < 1.29 is 24.5 Å². The van der Waals surface area contributed by atoms with E-state index in [1.54, 1.807) is 0 Å². The van der Waals surface area contributed by atoms with Crippen LogP contribution in [-0.2, 0) is 16.0 Å². The Hall–Kier alpha value is -2.99. The number of ether oxygens (including phenoxy) is 2. The summed E-state index contributed by atoms with van der Waals surface area (Å²) in [7, 11) is 0. The summed E-state index contributed by atoms with van der Waals surface area (Å²) in [5, 5.41) is 21.7. The van der Waals surface area contributed by atoms with Gasteiger partial charge in [0.25, 0.3) is 5.91 Å². The first-order valence-electron chi connectivity index (χ1n) is 9.82. The van der Waals surface area contributed by atoms with E-state index in [2.05, 4.69) is 11.9 Å². The number of hydrogen-bond acceptors (Lipinski definition) is 5. The van der Waals surface area contributed by atoms with Crippen molar-refractivity contribution in [2.45, 2.75) is 19.3 Å². The van der Waals surface area contributed by atoms with Crippen molar-refractivity contribution in [2.75, 3.05) is 26.4 Å². The lowest BCUT2D eigenvalue weighted by Crippen LogP contribution is -2.26. The van der Waals surface area contributed by atoms with Gasteiger partial charge in [-0.05, 0) is 60.6 Å². The largest absolute Gasteiger partial charge is 0.504 e. The van der Waals surface area contributed by atoms with Crippen LogP contribution in [0.15, 0.2) is 49.0 Å². The zero-order valence-corrected chi connectivity index (χ0v) is 16.4. The van der Waals surface area contributed by atoms with Crippen LogP contribution in [0.25, 0.3) is 5.57 Å². The van der Waals surface area contributed by atoms with Crippen LogP contribution in [0, 0.1) is 5.92 Å². The SMILES string of the molecule is C=C(C(=O)NCCc1ccc(OCC2CCOCC2)cc1)c1ccc(O)c(O)c1. The molecule has 0 unspecified atom stereocenters. The third-order valence-electron chi connectivity index (χ3n) is 5.05. The molecule has 0 radical (unpaired) electrons. The van der Waals surface area contributed by atoms with Gasteiger partial charge >= 0.3 is 0 Å². The van der Waals surface area contributed by atoms with E-state index in [1.807, 2.05) is 24.3 Å². The van der Waals surface area contributed by atoms with E-state index in [4.69, 9.17) is 9.47 Å². The normalized spacial score (nSPS) is 14.3. The Balaban J connectivity index is 1.41. The minimum Gasteiger partial charge on any atom is -0.504 e. The molecule has 1 aliphatic heterocycles. The van der Waals surface area contributed by atoms with E-state index in [0.29, 0.717) is 31.1 Å². The summed E-state index contributed by atoms with van der Waals surface area (Å²) in [5.41, 5.74) is 1.79. The summed E-state index contributed by atoms with van der Waals surface area (Å²) < 4.78 is 11.2. The quantitative estimate of drug-likeness (QED) is 0.470. The van der Waals surface area contributed by atoms with Crippen molar-refractivity contribution in [3.05, 3.63) is 60.2 Å². The van der Waals surface area contributed by atoms with E-state index in [0.717, 1.165) is 37.4 Å². The summed E-state index contributed by atoms with van der Waals surface area (Å²) in [6.45, 7) is 6.58. The van der Waals surface area contributed by atoms with Crippen molar-refractivity contribution >= 4 is 11.5 Å². The highest BCUT2D eigenvalue weighted by atomic mass is 16.5. The number of phenols is 2. The highest BCUT2D eigenvalue weighted by molar-refractivity contribution is 6.18. The van der Waals surface area contributed by atoms with Gasteiger partial charge < -0.3 is 25.0 Å². The number of amides is 1. The van der Waals surface area contributed by atoms with Gasteiger partial charge in [0.05, 0.1) is 6.61 Å². The number of carbonyl (C=O) groups is 1. The molecule has 154 valence electrons. The van der Waals surface area contributed by atoms with Crippen LogP contribution < -0.4 is 10.1 Å². The maximum Gasteiger partial charge on any atom is 0.251 e. The molecule has 0 aliphatic carbocycles. The van der Waals surface area contributed by atoms with Crippen LogP contribution in [0.4, 0.5) is 0 Å². The Labute approximate surface area is 170 Å². The highest BCUT2D eigenvalue weighted by Crippen LogP contribution is 2.27. The molecule has 0 aromatic heterocycles. The van der Waals surface area contributed by atoms with E-state index < -0.39 is 0 Å². The number of benzene rings is 2. The molecule has 6 nitrogen and oxygen atoms in total. The van der Waals surface area contributed by atoms with Gasteiger partial charge in [-0.25, -0.2) is 0 Å². The van der Waals surface area contributed by atoms with Crippen LogP contribution in [0.2, 0.25) is 0 Å². The van der Waals surface area contributed by atoms with Gasteiger partial charge in [-0.3, -0.25) is 4.79 Å². The first-order valence-corrected chi connectivity index (χ1v) is 9.82. The minimum atomic E-state index is -0.313. The second-order valence-electron chi connectivity index (χ2n) is 7.20. The Morgan fingerprint density at radius 2 is 1.83 bits per heavy atom. The summed E-state index contributed by atoms with van der Waals surface area (Å²) in [6, 6.07) is 12.1. The highest BCUT2D eigenvalue weighted by Gasteiger charge is 2.14. The Kier molecular flexibility index (Phi) is 7.14. The molecule has 1 aliphatic rings. The molecule has 0 atom stereocenters. The van der Waals surface area contributed by atoms with E-state index in [9.17, 15) is 15.0 Å². The molecule has 0 bridgehead atoms. The number of carbonyl (C=O) groups excluding carboxylic acids is 1. The lowest BCUT2D eigenvalue weighted by molar-refractivity contribution is -0.115. The third-order valence-corrected chi connectivity index (χ3v) is 5.05. The second-order valence-corrected chi connectivity index (χ2v) is 7.20. The summed E-state index contributed by atoms with van der Waals surface area (Å²) in [5.74, 6) is 0.580. The third kappa shape index (κ3) is 5.99. The van der Waals surface area contributed by atoms with Crippen molar-refractivity contribution in [1.82, 2.24) is 5.32 Å². The fourth-order valence-corrected chi connectivity index (χ4v) is 3.15. The number of aromatic hydroxyl groups is 2.